The first kappa shape index (κ1) is 19.3. The van der Waals surface area contributed by atoms with Crippen molar-refractivity contribution in [3.05, 3.63) is 29.8 Å². The maximum Gasteiger partial charge on any atom is 0.191 e. The van der Waals surface area contributed by atoms with Crippen LogP contribution in [0.2, 0.25) is 0 Å². The van der Waals surface area contributed by atoms with Crippen LogP contribution in [0.4, 0.5) is 0 Å². The summed E-state index contributed by atoms with van der Waals surface area (Å²) in [6.45, 7) is 14.2. The molecular formula is C18H32N4O. The van der Waals surface area contributed by atoms with Gasteiger partial charge in [-0.2, -0.15) is 0 Å². The number of nitrogens with zero attached hydrogens (tertiary/aromatic N) is 2. The van der Waals surface area contributed by atoms with Gasteiger partial charge in [0, 0.05) is 31.7 Å². The number of aliphatic imine (C=N–C) groups is 1. The molecule has 0 aliphatic heterocycles. The number of aromatic hydroxyl groups is 1. The Hall–Kier alpha value is -1.75. The molecule has 3 N–H and O–H groups in total. The van der Waals surface area contributed by atoms with E-state index in [0.29, 0.717) is 18.6 Å². The molecule has 0 amide bonds. The third-order valence-electron chi connectivity index (χ3n) is 3.69. The van der Waals surface area contributed by atoms with Gasteiger partial charge in [0.15, 0.2) is 5.96 Å². The van der Waals surface area contributed by atoms with Gasteiger partial charge in [-0.25, -0.2) is 4.99 Å². The molecule has 1 aromatic rings. The molecule has 0 aliphatic rings. The summed E-state index contributed by atoms with van der Waals surface area (Å²) in [5, 5.41) is 16.0. The first-order chi connectivity index (χ1) is 10.9. The van der Waals surface area contributed by atoms with Gasteiger partial charge < -0.3 is 15.7 Å². The van der Waals surface area contributed by atoms with Gasteiger partial charge in [0.1, 0.15) is 5.75 Å². The van der Waals surface area contributed by atoms with Crippen molar-refractivity contribution in [2.75, 3.05) is 19.6 Å². The second-order valence-electron chi connectivity index (χ2n) is 6.21. The fourth-order valence-corrected chi connectivity index (χ4v) is 2.53. The minimum atomic E-state index is 0.283. The lowest BCUT2D eigenvalue weighted by molar-refractivity contribution is 0.178. The Morgan fingerprint density at radius 1 is 1.09 bits per heavy atom. The smallest absolute Gasteiger partial charge is 0.191 e. The summed E-state index contributed by atoms with van der Waals surface area (Å²) in [6.07, 6.45) is 0. The van der Waals surface area contributed by atoms with Crippen molar-refractivity contribution in [3.8, 4) is 5.75 Å². The van der Waals surface area contributed by atoms with E-state index in [-0.39, 0.29) is 5.75 Å². The minimum Gasteiger partial charge on any atom is -0.508 e. The summed E-state index contributed by atoms with van der Waals surface area (Å²) < 4.78 is 0. The van der Waals surface area contributed by atoms with E-state index in [9.17, 15) is 5.11 Å². The molecular weight excluding hydrogens is 288 g/mol. The quantitative estimate of drug-likeness (QED) is 0.509. The van der Waals surface area contributed by atoms with E-state index < -0.39 is 0 Å². The molecule has 0 bridgehead atoms. The highest BCUT2D eigenvalue weighted by Gasteiger charge is 2.12. The molecule has 0 unspecified atom stereocenters. The van der Waals surface area contributed by atoms with E-state index in [1.54, 1.807) is 12.1 Å². The van der Waals surface area contributed by atoms with Gasteiger partial charge in [-0.3, -0.25) is 4.90 Å². The molecule has 0 heterocycles. The molecule has 0 radical (unpaired) electrons. The van der Waals surface area contributed by atoms with Crippen LogP contribution in [-0.2, 0) is 6.54 Å². The third kappa shape index (κ3) is 7.37. The molecule has 5 heteroatoms. The van der Waals surface area contributed by atoms with E-state index >= 15 is 0 Å². The molecule has 0 atom stereocenters. The first-order valence-electron chi connectivity index (χ1n) is 8.49. The second kappa shape index (κ2) is 10.1. The highest BCUT2D eigenvalue weighted by molar-refractivity contribution is 5.79. The van der Waals surface area contributed by atoms with Gasteiger partial charge in [0.25, 0.3) is 0 Å². The highest BCUT2D eigenvalue weighted by atomic mass is 16.3. The van der Waals surface area contributed by atoms with Gasteiger partial charge in [0.2, 0.25) is 0 Å². The van der Waals surface area contributed by atoms with Crippen LogP contribution in [0.25, 0.3) is 0 Å². The van der Waals surface area contributed by atoms with Crippen LogP contribution in [-0.4, -0.2) is 47.7 Å². The fraction of sp³-hybridized carbons (Fsp3) is 0.611. The van der Waals surface area contributed by atoms with Crippen LogP contribution in [0.15, 0.2) is 29.3 Å². The predicted molar refractivity (Wildman–Crippen MR) is 97.9 cm³/mol. The Balaban J connectivity index is 2.53. The fourth-order valence-electron chi connectivity index (χ4n) is 2.53. The second-order valence-corrected chi connectivity index (χ2v) is 6.21. The minimum absolute atomic E-state index is 0.283. The third-order valence-corrected chi connectivity index (χ3v) is 3.69. The van der Waals surface area contributed by atoms with Crippen LogP contribution < -0.4 is 10.6 Å². The predicted octanol–water partition coefficient (Wildman–Crippen LogP) is 2.57. The molecule has 0 saturated heterocycles. The number of phenolic OH excluding ortho intramolecular Hbond substituents is 1. The van der Waals surface area contributed by atoms with Crippen molar-refractivity contribution >= 4 is 5.96 Å². The average molecular weight is 320 g/mol. The van der Waals surface area contributed by atoms with E-state index in [1.807, 2.05) is 12.1 Å². The summed E-state index contributed by atoms with van der Waals surface area (Å²) in [6, 6.07) is 8.23. The van der Waals surface area contributed by atoms with E-state index in [4.69, 9.17) is 0 Å². The van der Waals surface area contributed by atoms with Crippen molar-refractivity contribution < 1.29 is 5.11 Å². The van der Waals surface area contributed by atoms with Gasteiger partial charge in [-0.1, -0.05) is 12.1 Å². The largest absolute Gasteiger partial charge is 0.508 e. The monoisotopic (exact) mass is 320 g/mol. The summed E-state index contributed by atoms with van der Waals surface area (Å²) in [7, 11) is 0. The van der Waals surface area contributed by atoms with Crippen LogP contribution in [0.1, 0.15) is 40.2 Å². The Bertz CT molecular complexity index is 460. The highest BCUT2D eigenvalue weighted by Crippen LogP contribution is 2.10. The van der Waals surface area contributed by atoms with Crippen LogP contribution in [0.3, 0.4) is 0 Å². The van der Waals surface area contributed by atoms with Crippen LogP contribution in [0.5, 0.6) is 5.75 Å². The van der Waals surface area contributed by atoms with Gasteiger partial charge in [0.05, 0.1) is 6.54 Å². The lowest BCUT2D eigenvalue weighted by atomic mass is 10.2. The van der Waals surface area contributed by atoms with E-state index in [1.165, 1.54) is 0 Å². The average Bonchev–Trinajstić information content (AvgIpc) is 2.49. The normalized spacial score (nSPS) is 12.3. The summed E-state index contributed by atoms with van der Waals surface area (Å²) >= 11 is 0. The number of rotatable bonds is 8. The molecule has 1 rings (SSSR count). The number of phenols is 1. The zero-order valence-electron chi connectivity index (χ0n) is 15.1. The summed E-state index contributed by atoms with van der Waals surface area (Å²) in [5.74, 6) is 1.11. The van der Waals surface area contributed by atoms with Gasteiger partial charge in [-0.15, -0.1) is 0 Å². The number of hydrogen-bond donors (Lipinski definition) is 3. The molecule has 130 valence electrons. The zero-order chi connectivity index (χ0) is 17.2. The molecule has 0 fully saturated rings. The SMILES string of the molecule is CCNC(=NCc1ccc(O)cc1)NCCN(C(C)C)C(C)C. The Kier molecular flexibility index (Phi) is 8.48. The van der Waals surface area contributed by atoms with Gasteiger partial charge >= 0.3 is 0 Å². The van der Waals surface area contributed by atoms with E-state index in [0.717, 1.165) is 31.2 Å². The maximum atomic E-state index is 9.31. The van der Waals surface area contributed by atoms with Crippen molar-refractivity contribution in [3.63, 3.8) is 0 Å². The number of guanidine groups is 1. The molecule has 0 aliphatic carbocycles. The molecule has 0 aromatic heterocycles. The van der Waals surface area contributed by atoms with Crippen molar-refractivity contribution in [2.45, 2.75) is 53.2 Å². The Morgan fingerprint density at radius 2 is 1.70 bits per heavy atom. The van der Waals surface area contributed by atoms with Gasteiger partial charge in [-0.05, 0) is 52.3 Å². The van der Waals surface area contributed by atoms with Crippen LogP contribution in [0, 0.1) is 0 Å². The Morgan fingerprint density at radius 3 is 2.22 bits per heavy atom. The van der Waals surface area contributed by atoms with E-state index in [2.05, 4.69) is 55.1 Å². The summed E-state index contributed by atoms with van der Waals surface area (Å²) in [5.41, 5.74) is 1.07. The topological polar surface area (TPSA) is 59.9 Å². The molecule has 5 nitrogen and oxygen atoms in total. The molecule has 0 saturated carbocycles. The maximum absolute atomic E-state index is 9.31. The molecule has 0 spiro atoms. The number of nitrogens with one attached hydrogen (secondary N) is 2. The number of hydrogen-bond acceptors (Lipinski definition) is 3. The lowest BCUT2D eigenvalue weighted by Crippen LogP contribution is -2.45. The molecule has 1 aromatic carbocycles. The van der Waals surface area contributed by atoms with Crippen LogP contribution >= 0.6 is 0 Å². The molecule has 23 heavy (non-hydrogen) atoms. The van der Waals surface area contributed by atoms with Crippen molar-refractivity contribution in [1.82, 2.24) is 15.5 Å². The lowest BCUT2D eigenvalue weighted by Gasteiger charge is -2.30. The standard InChI is InChI=1S/C18H32N4O/c1-6-19-18(20-11-12-22(14(2)3)15(4)5)21-13-16-7-9-17(23)10-8-16/h7-10,14-15,23H,6,11-13H2,1-5H3,(H2,19,20,21). The van der Waals surface area contributed by atoms with Crippen molar-refractivity contribution in [2.24, 2.45) is 4.99 Å². The first-order valence-corrected chi connectivity index (χ1v) is 8.49. The van der Waals surface area contributed by atoms with Crippen molar-refractivity contribution in [1.29, 1.82) is 0 Å². The number of benzene rings is 1. The zero-order valence-corrected chi connectivity index (χ0v) is 15.1. The summed E-state index contributed by atoms with van der Waals surface area (Å²) in [4.78, 5) is 7.05. The Labute approximate surface area is 140 Å².